The topological polar surface area (TPSA) is 142 Å². The third-order valence-electron chi connectivity index (χ3n) is 7.33. The zero-order chi connectivity index (χ0) is 34.5. The summed E-state index contributed by atoms with van der Waals surface area (Å²) in [4.78, 5) is 32.5. The van der Waals surface area contributed by atoms with E-state index < -0.39 is 24.3 Å². The van der Waals surface area contributed by atoms with Crippen LogP contribution in [0.5, 0.6) is 0 Å². The molecule has 2 aliphatic carbocycles. The molecule has 2 saturated carbocycles. The van der Waals surface area contributed by atoms with Crippen molar-refractivity contribution in [3.05, 3.63) is 46.3 Å². The van der Waals surface area contributed by atoms with E-state index in [2.05, 4.69) is 20.2 Å². The lowest BCUT2D eigenvalue weighted by atomic mass is 9.97. The highest BCUT2D eigenvalue weighted by Gasteiger charge is 2.39. The molecule has 1 saturated heterocycles. The van der Waals surface area contributed by atoms with Crippen LogP contribution in [0, 0.1) is 5.92 Å². The predicted molar refractivity (Wildman–Crippen MR) is 160 cm³/mol. The Balaban J connectivity index is 0.000000301. The molecule has 3 heterocycles. The van der Waals surface area contributed by atoms with Crippen molar-refractivity contribution < 1.29 is 46.1 Å². The van der Waals surface area contributed by atoms with Crippen LogP contribution in [-0.4, -0.2) is 73.2 Å². The fourth-order valence-electron chi connectivity index (χ4n) is 4.68. The molecule has 0 unspecified atom stereocenters. The molecule has 10 nitrogen and oxygen atoms in total. The third-order valence-corrected chi connectivity index (χ3v) is 8.06. The molecule has 2 aromatic heterocycles. The number of halogens is 8. The molecular weight excluding hydrogens is 681 g/mol. The van der Waals surface area contributed by atoms with Crippen molar-refractivity contribution in [2.75, 3.05) is 18.4 Å². The third kappa shape index (κ3) is 10.4. The highest BCUT2D eigenvalue weighted by Crippen LogP contribution is 2.41. The first-order valence-electron chi connectivity index (χ1n) is 14.5. The first-order valence-corrected chi connectivity index (χ1v) is 15.3. The molecule has 0 bridgehead atoms. The van der Waals surface area contributed by atoms with E-state index in [1.165, 1.54) is 31.5 Å². The fourth-order valence-corrected chi connectivity index (χ4v) is 4.98. The Bertz CT molecular complexity index is 1550. The molecule has 18 heteroatoms. The van der Waals surface area contributed by atoms with Crippen LogP contribution in [0.15, 0.2) is 30.5 Å². The van der Waals surface area contributed by atoms with Crippen LogP contribution < -0.4 is 10.6 Å². The second kappa shape index (κ2) is 15.1. The molecule has 3 aliphatic rings. The lowest BCUT2D eigenvalue weighted by Crippen LogP contribution is -2.28. The van der Waals surface area contributed by atoms with Crippen LogP contribution in [0.4, 0.5) is 32.3 Å². The van der Waals surface area contributed by atoms with Gasteiger partial charge in [-0.2, -0.15) is 26.3 Å². The predicted octanol–water partition coefficient (Wildman–Crippen LogP) is 7.03. The van der Waals surface area contributed by atoms with E-state index in [1.54, 1.807) is 0 Å². The van der Waals surface area contributed by atoms with Gasteiger partial charge in [-0.1, -0.05) is 29.3 Å². The first-order chi connectivity index (χ1) is 22.0. The van der Waals surface area contributed by atoms with Gasteiger partial charge in [-0.15, -0.1) is 0 Å². The van der Waals surface area contributed by atoms with Gasteiger partial charge >= 0.3 is 24.3 Å². The highest BCUT2D eigenvalue weighted by atomic mass is 35.5. The molecule has 0 spiro atoms. The molecule has 1 aromatic carbocycles. The van der Waals surface area contributed by atoms with Crippen molar-refractivity contribution in [1.29, 1.82) is 0 Å². The van der Waals surface area contributed by atoms with Crippen molar-refractivity contribution in [3.8, 4) is 22.6 Å². The average molecular weight is 711 g/mol. The fraction of sp³-hybridized carbons (Fsp3) is 0.483. The summed E-state index contributed by atoms with van der Waals surface area (Å²) in [5.74, 6) is -2.50. The van der Waals surface area contributed by atoms with Gasteiger partial charge in [-0.3, -0.25) is 0 Å². The van der Waals surface area contributed by atoms with Crippen molar-refractivity contribution in [1.82, 2.24) is 24.8 Å². The van der Waals surface area contributed by atoms with Crippen molar-refractivity contribution >= 4 is 41.1 Å². The Morgan fingerprint density at radius 2 is 1.49 bits per heavy atom. The summed E-state index contributed by atoms with van der Waals surface area (Å²) in [6.07, 6.45) is -1.19. The van der Waals surface area contributed by atoms with Gasteiger partial charge in [0.1, 0.15) is 5.82 Å². The Labute approximate surface area is 274 Å². The molecule has 3 fully saturated rings. The maximum Gasteiger partial charge on any atom is 0.490 e. The molecule has 0 radical (unpaired) electrons. The lowest BCUT2D eigenvalue weighted by molar-refractivity contribution is -0.193. The standard InChI is InChI=1S/C25H28Cl2N6.2C2HF3O2/c26-19-6-3-17(13-20(19)27)22-23(21-9-12-29-25(31-21)30-18-4-5-18)33(14-15-1-2-15)24(32-22)16-7-10-28-11-8-16;2*3-2(4,5)1(6)7/h3,6,9,12-13,15-16,18,28H,1-2,4-5,7-8,10-11,14H2,(H,29,30,31);2*(H,6,7). The van der Waals surface area contributed by atoms with Crippen molar-refractivity contribution in [3.63, 3.8) is 0 Å². The van der Waals surface area contributed by atoms with Crippen molar-refractivity contribution in [2.45, 2.75) is 69.4 Å². The van der Waals surface area contributed by atoms with E-state index in [-0.39, 0.29) is 0 Å². The zero-order valence-corrected chi connectivity index (χ0v) is 26.0. The van der Waals surface area contributed by atoms with Gasteiger partial charge in [0.15, 0.2) is 0 Å². The van der Waals surface area contributed by atoms with Gasteiger partial charge in [0.2, 0.25) is 5.95 Å². The minimum atomic E-state index is -5.08. The van der Waals surface area contributed by atoms with Gasteiger partial charge in [-0.25, -0.2) is 24.5 Å². The monoisotopic (exact) mass is 710 g/mol. The second-order valence-electron chi connectivity index (χ2n) is 11.2. The highest BCUT2D eigenvalue weighted by molar-refractivity contribution is 6.42. The molecule has 1 aliphatic heterocycles. The van der Waals surface area contributed by atoms with Crippen LogP contribution >= 0.6 is 23.2 Å². The van der Waals surface area contributed by atoms with Gasteiger partial charge in [-0.05, 0) is 75.7 Å². The lowest BCUT2D eigenvalue weighted by Gasteiger charge is -2.23. The minimum Gasteiger partial charge on any atom is -0.475 e. The van der Waals surface area contributed by atoms with E-state index in [0.717, 1.165) is 55.1 Å². The molecular formula is C29H30Cl2F6N6O4. The molecule has 3 aromatic rings. The summed E-state index contributed by atoms with van der Waals surface area (Å²) in [6.45, 7) is 3.04. The smallest absolute Gasteiger partial charge is 0.475 e. The van der Waals surface area contributed by atoms with Gasteiger partial charge < -0.3 is 25.4 Å². The Hall–Kier alpha value is -3.63. The van der Waals surface area contributed by atoms with Crippen LogP contribution in [-0.2, 0) is 16.1 Å². The Kier molecular flexibility index (Phi) is 11.6. The number of aliphatic carboxylic acids is 2. The number of carboxylic acids is 2. The normalized spacial score (nSPS) is 16.8. The number of hydrogen-bond acceptors (Lipinski definition) is 7. The SMILES string of the molecule is Clc1ccc(-c2nc(C3CCNCC3)n(CC3CC3)c2-c2ccnc(NC3CC3)n2)cc1Cl.O=C(O)C(F)(F)F.O=C(O)C(F)(F)F. The Morgan fingerprint density at radius 1 is 0.894 bits per heavy atom. The van der Waals surface area contributed by atoms with Crippen LogP contribution in [0.2, 0.25) is 10.0 Å². The summed E-state index contributed by atoms with van der Waals surface area (Å²) in [7, 11) is 0. The number of hydrogen-bond donors (Lipinski definition) is 4. The number of nitrogens with zero attached hydrogens (tertiary/aromatic N) is 4. The average Bonchev–Trinajstić information content (AvgIpc) is 3.94. The Morgan fingerprint density at radius 3 is 2.00 bits per heavy atom. The number of anilines is 1. The molecule has 256 valence electrons. The molecule has 47 heavy (non-hydrogen) atoms. The quantitative estimate of drug-likeness (QED) is 0.190. The first kappa shape index (κ1) is 36.2. The minimum absolute atomic E-state index is 0.436. The number of imidazole rings is 1. The number of alkyl halides is 6. The summed E-state index contributed by atoms with van der Waals surface area (Å²) in [5.41, 5.74) is 3.87. The number of aromatic nitrogens is 4. The van der Waals surface area contributed by atoms with E-state index in [9.17, 15) is 26.3 Å². The van der Waals surface area contributed by atoms with Crippen LogP contribution in [0.1, 0.15) is 50.3 Å². The van der Waals surface area contributed by atoms with Gasteiger partial charge in [0, 0.05) is 30.3 Å². The van der Waals surface area contributed by atoms with Gasteiger partial charge in [0.25, 0.3) is 0 Å². The number of nitrogens with one attached hydrogen (secondary N) is 2. The number of rotatable bonds is 7. The van der Waals surface area contributed by atoms with E-state index in [1.807, 2.05) is 30.5 Å². The molecule has 4 N–H and O–H groups in total. The zero-order valence-electron chi connectivity index (χ0n) is 24.5. The number of benzene rings is 1. The van der Waals surface area contributed by atoms with Gasteiger partial charge in [0.05, 0.1) is 27.1 Å². The number of piperidine rings is 1. The van der Waals surface area contributed by atoms with E-state index in [0.29, 0.717) is 33.9 Å². The summed E-state index contributed by atoms with van der Waals surface area (Å²) in [6, 6.07) is 8.29. The number of carbonyl (C=O) groups is 2. The van der Waals surface area contributed by atoms with E-state index in [4.69, 9.17) is 53.0 Å². The molecule has 0 amide bonds. The maximum absolute atomic E-state index is 10.6. The summed E-state index contributed by atoms with van der Waals surface area (Å²) in [5, 5.41) is 22.3. The largest absolute Gasteiger partial charge is 0.490 e. The van der Waals surface area contributed by atoms with E-state index >= 15 is 0 Å². The molecule has 0 atom stereocenters. The van der Waals surface area contributed by atoms with Crippen LogP contribution in [0.3, 0.4) is 0 Å². The molecule has 6 rings (SSSR count). The maximum atomic E-state index is 10.6. The summed E-state index contributed by atoms with van der Waals surface area (Å²) >= 11 is 12.7. The van der Waals surface area contributed by atoms with Crippen molar-refractivity contribution in [2.24, 2.45) is 5.92 Å². The summed E-state index contributed by atoms with van der Waals surface area (Å²) < 4.78 is 65.9. The number of carboxylic acid groups (broad SMARTS) is 2. The second-order valence-corrected chi connectivity index (χ2v) is 12.0. The van der Waals surface area contributed by atoms with Crippen LogP contribution in [0.25, 0.3) is 22.6 Å².